The van der Waals surface area contributed by atoms with E-state index in [1.807, 2.05) is 31.9 Å². The summed E-state index contributed by atoms with van der Waals surface area (Å²) in [5.41, 5.74) is -0.433. The highest BCUT2D eigenvalue weighted by Crippen LogP contribution is 2.45. The van der Waals surface area contributed by atoms with Gasteiger partial charge in [-0.3, -0.25) is 0 Å². The highest BCUT2D eigenvalue weighted by atomic mass is 16.6. The molecule has 1 spiro atoms. The molecule has 128 valence electrons. The van der Waals surface area contributed by atoms with Gasteiger partial charge in [0.2, 0.25) is 0 Å². The third kappa shape index (κ3) is 3.68. The number of hydrogen-bond donors (Lipinski definition) is 2. The zero-order chi connectivity index (χ0) is 16.5. The summed E-state index contributed by atoms with van der Waals surface area (Å²) < 4.78 is 5.61. The van der Waals surface area contributed by atoms with E-state index in [-0.39, 0.29) is 11.6 Å². The Bertz CT molecular complexity index is 531. The third-order valence-electron chi connectivity index (χ3n) is 4.91. The average molecular weight is 320 g/mol. The Balaban J connectivity index is 1.59. The van der Waals surface area contributed by atoms with Crippen molar-refractivity contribution in [3.8, 4) is 0 Å². The molecule has 1 aliphatic carbocycles. The molecule has 1 aromatic rings. The molecule has 2 heterocycles. The first-order valence-electron chi connectivity index (χ1n) is 8.60. The van der Waals surface area contributed by atoms with Gasteiger partial charge in [-0.25, -0.2) is 9.78 Å². The number of carbonyl (C=O) groups excluding carboxylic acids is 1. The molecule has 6 nitrogen and oxygen atoms in total. The number of likely N-dealkylation sites (tertiary alicyclic amines) is 1. The molecule has 1 atom stereocenters. The number of piperidine rings is 1. The van der Waals surface area contributed by atoms with Gasteiger partial charge in [-0.1, -0.05) is 0 Å². The first kappa shape index (κ1) is 16.3. The Morgan fingerprint density at radius 1 is 1.52 bits per heavy atom. The van der Waals surface area contributed by atoms with Crippen LogP contribution in [0.15, 0.2) is 12.4 Å². The smallest absolute Gasteiger partial charge is 0.410 e. The first-order chi connectivity index (χ1) is 10.9. The van der Waals surface area contributed by atoms with E-state index < -0.39 is 5.60 Å². The fraction of sp³-hybridized carbons (Fsp3) is 0.765. The Hall–Kier alpha value is -1.56. The second-order valence-corrected chi connectivity index (χ2v) is 7.82. The normalized spacial score (nSPS) is 23.6. The van der Waals surface area contributed by atoms with E-state index in [2.05, 4.69) is 15.3 Å². The van der Waals surface area contributed by atoms with E-state index in [1.54, 1.807) is 6.20 Å². The SMILES string of the molecule is CC(C)(C)OC(=O)N1CCC(NCc2ncc[nH]2)CC12CCC2. The Morgan fingerprint density at radius 2 is 2.30 bits per heavy atom. The lowest BCUT2D eigenvalue weighted by Crippen LogP contribution is -2.63. The van der Waals surface area contributed by atoms with Crippen molar-refractivity contribution in [2.75, 3.05) is 6.54 Å². The van der Waals surface area contributed by atoms with Gasteiger partial charge < -0.3 is 19.9 Å². The molecule has 6 heteroatoms. The van der Waals surface area contributed by atoms with E-state index in [0.717, 1.165) is 44.6 Å². The summed E-state index contributed by atoms with van der Waals surface area (Å²) in [6, 6.07) is 0.430. The van der Waals surface area contributed by atoms with Crippen LogP contribution in [0.25, 0.3) is 0 Å². The van der Waals surface area contributed by atoms with Crippen LogP contribution in [-0.2, 0) is 11.3 Å². The molecule has 1 amide bonds. The van der Waals surface area contributed by atoms with Gasteiger partial charge in [-0.15, -0.1) is 0 Å². The highest BCUT2D eigenvalue weighted by Gasteiger charge is 2.49. The number of ether oxygens (including phenoxy) is 1. The maximum Gasteiger partial charge on any atom is 0.410 e. The van der Waals surface area contributed by atoms with Gasteiger partial charge in [-0.2, -0.15) is 0 Å². The van der Waals surface area contributed by atoms with Gasteiger partial charge in [-0.05, 0) is 52.9 Å². The molecule has 2 N–H and O–H groups in total. The molecule has 3 rings (SSSR count). The molecule has 2 aliphatic rings. The lowest BCUT2D eigenvalue weighted by molar-refractivity contribution is -0.0494. The Labute approximate surface area is 138 Å². The summed E-state index contributed by atoms with van der Waals surface area (Å²) in [5, 5.41) is 3.58. The number of amides is 1. The number of aromatic nitrogens is 2. The molecule has 0 aromatic carbocycles. The molecule has 0 bridgehead atoms. The van der Waals surface area contributed by atoms with E-state index >= 15 is 0 Å². The number of hydrogen-bond acceptors (Lipinski definition) is 4. The molecule has 1 unspecified atom stereocenters. The fourth-order valence-corrected chi connectivity index (χ4v) is 3.66. The van der Waals surface area contributed by atoms with Crippen LogP contribution in [-0.4, -0.2) is 44.7 Å². The third-order valence-corrected chi connectivity index (χ3v) is 4.91. The van der Waals surface area contributed by atoms with Gasteiger partial charge in [0, 0.05) is 30.5 Å². The van der Waals surface area contributed by atoms with Gasteiger partial charge in [0.25, 0.3) is 0 Å². The number of nitrogens with zero attached hydrogens (tertiary/aromatic N) is 2. The Kier molecular flexibility index (Phi) is 4.36. The van der Waals surface area contributed by atoms with Crippen LogP contribution in [0.3, 0.4) is 0 Å². The van der Waals surface area contributed by atoms with Crippen molar-refractivity contribution < 1.29 is 9.53 Å². The predicted molar refractivity (Wildman–Crippen MR) is 88.0 cm³/mol. The van der Waals surface area contributed by atoms with Crippen LogP contribution >= 0.6 is 0 Å². The predicted octanol–water partition coefficient (Wildman–Crippen LogP) is 2.82. The maximum atomic E-state index is 12.5. The number of rotatable bonds is 3. The number of nitrogens with one attached hydrogen (secondary N) is 2. The molecular formula is C17H28N4O2. The van der Waals surface area contributed by atoms with Crippen LogP contribution in [0, 0.1) is 0 Å². The van der Waals surface area contributed by atoms with E-state index in [1.165, 1.54) is 6.42 Å². The van der Waals surface area contributed by atoms with Crippen molar-refractivity contribution in [1.29, 1.82) is 0 Å². The zero-order valence-electron chi connectivity index (χ0n) is 14.4. The van der Waals surface area contributed by atoms with E-state index in [9.17, 15) is 4.79 Å². The summed E-state index contributed by atoms with van der Waals surface area (Å²) in [4.78, 5) is 21.9. The van der Waals surface area contributed by atoms with Gasteiger partial charge in [0.05, 0.1) is 6.54 Å². The minimum absolute atomic E-state index is 0.00140. The molecule has 2 fully saturated rings. The van der Waals surface area contributed by atoms with Crippen LogP contribution in [0.4, 0.5) is 4.79 Å². The standard InChI is InChI=1S/C17H28N4O2/c1-16(2,3)23-15(22)21-10-5-13(11-17(21)6-4-7-17)20-12-14-18-8-9-19-14/h8-9,13,20H,4-7,10-12H2,1-3H3,(H,18,19). The fourth-order valence-electron chi connectivity index (χ4n) is 3.66. The van der Waals surface area contributed by atoms with Crippen molar-refractivity contribution >= 4 is 6.09 Å². The number of carbonyl (C=O) groups is 1. The number of imidazole rings is 1. The van der Waals surface area contributed by atoms with Crippen molar-refractivity contribution in [2.45, 2.75) is 76.6 Å². The number of aromatic amines is 1. The lowest BCUT2D eigenvalue weighted by atomic mass is 9.69. The van der Waals surface area contributed by atoms with Crippen molar-refractivity contribution in [1.82, 2.24) is 20.2 Å². The van der Waals surface area contributed by atoms with Gasteiger partial charge in [0.1, 0.15) is 11.4 Å². The molecule has 23 heavy (non-hydrogen) atoms. The van der Waals surface area contributed by atoms with Crippen LogP contribution < -0.4 is 5.32 Å². The van der Waals surface area contributed by atoms with Crippen LogP contribution in [0.2, 0.25) is 0 Å². The summed E-state index contributed by atoms with van der Waals surface area (Å²) in [6.45, 7) is 7.30. The van der Waals surface area contributed by atoms with Crippen LogP contribution in [0.5, 0.6) is 0 Å². The summed E-state index contributed by atoms with van der Waals surface area (Å²) in [7, 11) is 0. The van der Waals surface area contributed by atoms with E-state index in [4.69, 9.17) is 4.74 Å². The second-order valence-electron chi connectivity index (χ2n) is 7.82. The summed E-state index contributed by atoms with van der Waals surface area (Å²) in [6.07, 6.45) is 8.81. The summed E-state index contributed by atoms with van der Waals surface area (Å²) >= 11 is 0. The van der Waals surface area contributed by atoms with Crippen molar-refractivity contribution in [2.24, 2.45) is 0 Å². The minimum Gasteiger partial charge on any atom is -0.444 e. The minimum atomic E-state index is -0.434. The quantitative estimate of drug-likeness (QED) is 0.898. The molecule has 1 aliphatic heterocycles. The van der Waals surface area contributed by atoms with Crippen molar-refractivity contribution in [3.05, 3.63) is 18.2 Å². The van der Waals surface area contributed by atoms with E-state index in [0.29, 0.717) is 6.04 Å². The molecule has 1 saturated heterocycles. The maximum absolute atomic E-state index is 12.5. The van der Waals surface area contributed by atoms with Gasteiger partial charge >= 0.3 is 6.09 Å². The monoisotopic (exact) mass is 320 g/mol. The van der Waals surface area contributed by atoms with Gasteiger partial charge in [0.15, 0.2) is 0 Å². The largest absolute Gasteiger partial charge is 0.444 e. The van der Waals surface area contributed by atoms with Crippen molar-refractivity contribution in [3.63, 3.8) is 0 Å². The first-order valence-corrected chi connectivity index (χ1v) is 8.60. The number of H-pyrrole nitrogens is 1. The van der Waals surface area contributed by atoms with Crippen LogP contribution in [0.1, 0.15) is 58.7 Å². The second kappa shape index (κ2) is 6.15. The molecule has 1 aromatic heterocycles. The topological polar surface area (TPSA) is 70.2 Å². The molecule has 1 saturated carbocycles. The Morgan fingerprint density at radius 3 is 2.87 bits per heavy atom. The summed E-state index contributed by atoms with van der Waals surface area (Å²) in [5.74, 6) is 0.960. The molecule has 0 radical (unpaired) electrons. The zero-order valence-corrected chi connectivity index (χ0v) is 14.4. The lowest BCUT2D eigenvalue weighted by Gasteiger charge is -2.54. The highest BCUT2D eigenvalue weighted by molar-refractivity contribution is 5.69. The molecular weight excluding hydrogens is 292 g/mol. The average Bonchev–Trinajstić information content (AvgIpc) is 2.94.